The Labute approximate surface area is 124 Å². The molecule has 0 aliphatic carbocycles. The maximum atomic E-state index is 6.69. The lowest BCUT2D eigenvalue weighted by Crippen LogP contribution is -2.46. The first kappa shape index (κ1) is 16.5. The average molecular weight is 313 g/mol. The molecule has 0 fully saturated rings. The number of rotatable bonds is 5. The van der Waals surface area contributed by atoms with E-state index in [0.29, 0.717) is 6.61 Å². The van der Waals surface area contributed by atoms with Gasteiger partial charge in [0.05, 0.1) is 8.07 Å². The number of halogens is 1. The van der Waals surface area contributed by atoms with Crippen LogP contribution in [-0.2, 0) is 0 Å². The summed E-state index contributed by atoms with van der Waals surface area (Å²) in [6.45, 7) is 17.7. The van der Waals surface area contributed by atoms with Crippen molar-refractivity contribution in [3.8, 4) is 5.75 Å². The normalized spacial score (nSPS) is 12.4. The molecule has 0 saturated heterocycles. The number of aryl methyl sites for hydroxylation is 1. The van der Waals surface area contributed by atoms with Crippen molar-refractivity contribution in [1.29, 1.82) is 0 Å². The molecule has 0 bridgehead atoms. The molecule has 0 aromatic heterocycles. The lowest BCUT2D eigenvalue weighted by molar-refractivity contribution is 0.368. The molecule has 0 aliphatic rings. The van der Waals surface area contributed by atoms with Gasteiger partial charge in [-0.05, 0) is 17.3 Å². The maximum absolute atomic E-state index is 6.69. The van der Waals surface area contributed by atoms with Crippen LogP contribution in [0.2, 0.25) is 32.7 Å². The monoisotopic (exact) mass is 312 g/mol. The summed E-state index contributed by atoms with van der Waals surface area (Å²) in [5.74, 6) is 1.02. The first-order valence-electron chi connectivity index (χ1n) is 6.65. The molecule has 1 aromatic rings. The second-order valence-electron chi connectivity index (χ2n) is 6.51. The minimum atomic E-state index is -1.93. The maximum Gasteiger partial charge on any atom is 0.185 e. The predicted molar refractivity (Wildman–Crippen MR) is 92.8 cm³/mol. The molecule has 106 valence electrons. The van der Waals surface area contributed by atoms with Crippen molar-refractivity contribution in [3.63, 3.8) is 0 Å². The van der Waals surface area contributed by atoms with E-state index in [9.17, 15) is 0 Å². The predicted octanol–water partition coefficient (Wildman–Crippen LogP) is 3.76. The van der Waals surface area contributed by atoms with Gasteiger partial charge in [-0.2, -0.15) is 11.1 Å². The van der Waals surface area contributed by atoms with Crippen LogP contribution in [-0.4, -0.2) is 22.1 Å². The number of ether oxygens (including phenoxy) is 1. The van der Waals surface area contributed by atoms with Gasteiger partial charge in [-0.3, -0.25) is 0 Å². The molecule has 0 radical (unpaired) electrons. The Morgan fingerprint density at radius 2 is 1.68 bits per heavy atom. The van der Waals surface area contributed by atoms with E-state index >= 15 is 0 Å². The molecule has 0 atom stereocenters. The van der Waals surface area contributed by atoms with Crippen molar-refractivity contribution in [2.45, 2.75) is 39.7 Å². The van der Waals surface area contributed by atoms with Crippen molar-refractivity contribution >= 4 is 36.9 Å². The van der Waals surface area contributed by atoms with Gasteiger partial charge in [0.2, 0.25) is 0 Å². The Balaban J connectivity index is 3.53. The molecule has 0 aliphatic heterocycles. The first-order chi connectivity index (χ1) is 8.57. The summed E-state index contributed by atoms with van der Waals surface area (Å²) in [6.07, 6.45) is 1.79. The fraction of sp³-hybridized carbons (Fsp3) is 0.467. The highest BCUT2D eigenvalue weighted by molar-refractivity contribution is 7.26. The molecule has 0 amide bonds. The summed E-state index contributed by atoms with van der Waals surface area (Å²) in [6, 6.07) is 4.46. The first-order valence-corrected chi connectivity index (χ1v) is 14.2. The van der Waals surface area contributed by atoms with E-state index in [1.54, 1.807) is 6.08 Å². The smallest absolute Gasteiger partial charge is 0.185 e. The highest BCUT2D eigenvalue weighted by atomic mass is 35.6. The molecule has 0 saturated carbocycles. The topological polar surface area (TPSA) is 9.23 Å². The third kappa shape index (κ3) is 4.23. The minimum absolute atomic E-state index is 0.537. The van der Waals surface area contributed by atoms with Gasteiger partial charge in [0.15, 0.2) is 7.38 Å². The third-order valence-electron chi connectivity index (χ3n) is 3.03. The van der Waals surface area contributed by atoms with Gasteiger partial charge in [-0.15, -0.1) is 0 Å². The van der Waals surface area contributed by atoms with Gasteiger partial charge in [0, 0.05) is 0 Å². The SMILES string of the molecule is C=CCOc1c([Si](C)(C)C)cc(C)cc1[Si](C)(C)Cl. The highest BCUT2D eigenvalue weighted by Gasteiger charge is 2.30. The molecule has 19 heavy (non-hydrogen) atoms. The molecule has 1 nitrogen and oxygen atoms in total. The lowest BCUT2D eigenvalue weighted by atomic mass is 10.2. The van der Waals surface area contributed by atoms with Crippen molar-refractivity contribution in [2.24, 2.45) is 0 Å². The lowest BCUT2D eigenvalue weighted by Gasteiger charge is -2.27. The van der Waals surface area contributed by atoms with Crippen LogP contribution in [0.5, 0.6) is 5.75 Å². The van der Waals surface area contributed by atoms with Gasteiger partial charge in [-0.1, -0.05) is 63.1 Å². The largest absolute Gasteiger partial charge is 0.490 e. The Hall–Kier alpha value is -0.516. The summed E-state index contributed by atoms with van der Waals surface area (Å²) in [4.78, 5) is 0. The third-order valence-corrected chi connectivity index (χ3v) is 7.28. The Bertz CT molecular complexity index is 435. The van der Waals surface area contributed by atoms with Crippen LogP contribution in [0.3, 0.4) is 0 Å². The van der Waals surface area contributed by atoms with Crippen LogP contribution >= 0.6 is 11.1 Å². The van der Waals surface area contributed by atoms with Crippen molar-refractivity contribution in [2.75, 3.05) is 6.61 Å². The van der Waals surface area contributed by atoms with E-state index < -0.39 is 15.5 Å². The zero-order valence-corrected chi connectivity index (χ0v) is 15.7. The Morgan fingerprint density at radius 1 is 1.16 bits per heavy atom. The molecule has 1 aromatic carbocycles. The molecular weight excluding hydrogens is 288 g/mol. The van der Waals surface area contributed by atoms with Crippen molar-refractivity contribution in [3.05, 3.63) is 30.4 Å². The summed E-state index contributed by atoms with van der Waals surface area (Å²) in [5, 5.41) is 2.58. The van der Waals surface area contributed by atoms with E-state index in [1.807, 2.05) is 0 Å². The molecule has 0 spiro atoms. The van der Waals surface area contributed by atoms with Gasteiger partial charge >= 0.3 is 0 Å². The van der Waals surface area contributed by atoms with Gasteiger partial charge in [0.25, 0.3) is 0 Å². The van der Waals surface area contributed by atoms with Crippen molar-refractivity contribution < 1.29 is 4.74 Å². The van der Waals surface area contributed by atoms with E-state index in [0.717, 1.165) is 5.75 Å². The zero-order valence-electron chi connectivity index (χ0n) is 12.9. The van der Waals surface area contributed by atoms with Crippen LogP contribution in [0.15, 0.2) is 24.8 Å². The minimum Gasteiger partial charge on any atom is -0.490 e. The number of benzene rings is 1. The van der Waals surface area contributed by atoms with Crippen molar-refractivity contribution in [1.82, 2.24) is 0 Å². The van der Waals surface area contributed by atoms with Gasteiger partial charge in [0.1, 0.15) is 12.4 Å². The van der Waals surface area contributed by atoms with E-state index in [-0.39, 0.29) is 0 Å². The Kier molecular flexibility index (Phi) is 5.10. The molecule has 0 N–H and O–H groups in total. The van der Waals surface area contributed by atoms with Gasteiger partial charge in [-0.25, -0.2) is 0 Å². The number of hydrogen-bond donors (Lipinski definition) is 0. The zero-order chi connectivity index (χ0) is 14.8. The highest BCUT2D eigenvalue weighted by Crippen LogP contribution is 2.21. The van der Waals surface area contributed by atoms with Gasteiger partial charge < -0.3 is 4.74 Å². The second kappa shape index (κ2) is 5.86. The van der Waals surface area contributed by atoms with Crippen LogP contribution in [0.1, 0.15) is 5.56 Å². The van der Waals surface area contributed by atoms with E-state index in [4.69, 9.17) is 15.8 Å². The van der Waals surface area contributed by atoms with Crippen LogP contribution in [0, 0.1) is 6.92 Å². The second-order valence-corrected chi connectivity index (χ2v) is 17.9. The summed E-state index contributed by atoms with van der Waals surface area (Å²) in [5.41, 5.74) is 1.28. The van der Waals surface area contributed by atoms with E-state index in [2.05, 4.69) is 58.4 Å². The standard InChI is InChI=1S/C15H25ClOSi2/c1-8-9-17-15-13(18(3,4)5)10-12(2)11-14(15)19(6,7)16/h8,10-11H,1,9H2,2-7H3. The van der Waals surface area contributed by atoms with Crippen LogP contribution < -0.4 is 15.1 Å². The fourth-order valence-corrected chi connectivity index (χ4v) is 5.48. The van der Waals surface area contributed by atoms with Crippen LogP contribution in [0.4, 0.5) is 0 Å². The molecule has 0 unspecified atom stereocenters. The molecular formula is C15H25ClOSi2. The number of hydrogen-bond acceptors (Lipinski definition) is 1. The summed E-state index contributed by atoms with van der Waals surface area (Å²) >= 11 is 6.69. The molecule has 0 heterocycles. The molecule has 4 heteroatoms. The fourth-order valence-electron chi connectivity index (χ4n) is 2.07. The molecule has 1 rings (SSSR count). The quantitative estimate of drug-likeness (QED) is 0.457. The van der Waals surface area contributed by atoms with E-state index in [1.165, 1.54) is 15.9 Å². The summed E-state index contributed by atoms with van der Waals surface area (Å²) < 4.78 is 5.99. The Morgan fingerprint density at radius 3 is 2.11 bits per heavy atom. The summed E-state index contributed by atoms with van der Waals surface area (Å²) in [7, 11) is -3.40. The average Bonchev–Trinajstić information content (AvgIpc) is 2.23. The van der Waals surface area contributed by atoms with Crippen LogP contribution in [0.25, 0.3) is 0 Å².